The summed E-state index contributed by atoms with van der Waals surface area (Å²) in [6.45, 7) is 0. The number of hydrogen-bond donors (Lipinski definition) is 0. The van der Waals surface area contributed by atoms with Gasteiger partial charge in [0.1, 0.15) is 23.0 Å². The monoisotopic (exact) mass is 1050 g/mol. The second-order valence-electron chi connectivity index (χ2n) is 23.6. The lowest BCUT2D eigenvalue weighted by molar-refractivity contribution is 0.251. The lowest BCUT2D eigenvalue weighted by Crippen LogP contribution is -2.45. The first-order chi connectivity index (χ1) is 40.2. The Morgan fingerprint density at radius 3 is 1.98 bits per heavy atom. The molecule has 5 heteroatoms. The first-order valence-electron chi connectivity index (χ1n) is 30.2. The fraction of sp³-hybridized carbons (Fsp3) is 0.237. The molecule has 2 aromatic heterocycles. The molecule has 0 radical (unpaired) electrons. The summed E-state index contributed by atoms with van der Waals surface area (Å²) in [7, 11) is 0. The zero-order valence-electron chi connectivity index (χ0n) is 45.9. The fourth-order valence-corrected chi connectivity index (χ4v) is 15.1. The molecule has 10 aromatic rings. The van der Waals surface area contributed by atoms with Crippen LogP contribution in [0, 0.1) is 0 Å². The van der Waals surface area contributed by atoms with Gasteiger partial charge in [-0.1, -0.05) is 221 Å². The molecule has 5 nitrogen and oxygen atoms in total. The molecule has 5 aliphatic carbocycles. The molecular weight excluding hydrogens is 989 g/mol. The van der Waals surface area contributed by atoms with Crippen molar-refractivity contribution >= 4 is 88.5 Å². The minimum absolute atomic E-state index is 0.221. The van der Waals surface area contributed by atoms with Gasteiger partial charge in [-0.2, -0.15) is 0 Å². The van der Waals surface area contributed by atoms with Crippen LogP contribution in [-0.2, 0) is 0 Å². The summed E-state index contributed by atoms with van der Waals surface area (Å²) in [5.41, 5.74) is 18.0. The first-order valence-corrected chi connectivity index (χ1v) is 30.2. The van der Waals surface area contributed by atoms with E-state index in [9.17, 15) is 0 Å². The first kappa shape index (κ1) is 48.4. The van der Waals surface area contributed by atoms with Gasteiger partial charge in [0.25, 0.3) is 0 Å². The standard InChI is InChI=1S/C76H66N2O3/c1-5-21-49(22-6-1)51-41-45-55(46-42-51)77(66-38-19-36-63-61-34-17-32-57(72(61)80-74(63)66)53-25-9-3-10-26-53)70-59-29-13-14-30-60(59)71(76-69(70)65-31-15-16-40-68(65)79-76)78(56-47-43-52(44-48-56)50-23-7-2-8-24-50)67-39-20-37-64-62-35-18-33-58(73(62)81-75(64)67)54-27-11-4-12-28-54/h1-2,5,7-8,13-21,23-24,29-43,45-48,52-54,67,75H,3-4,6,9-12,22,25-28,44H2. The van der Waals surface area contributed by atoms with Crippen LogP contribution in [0.5, 0.6) is 5.75 Å². The average molecular weight is 1060 g/mol. The predicted octanol–water partition coefficient (Wildman–Crippen LogP) is 21.2. The molecule has 2 fully saturated rings. The second-order valence-corrected chi connectivity index (χ2v) is 23.6. The highest BCUT2D eigenvalue weighted by Crippen LogP contribution is 2.56. The van der Waals surface area contributed by atoms with E-state index in [-0.39, 0.29) is 18.1 Å². The Labute approximate surface area is 474 Å². The van der Waals surface area contributed by atoms with Gasteiger partial charge in [-0.15, -0.1) is 0 Å². The van der Waals surface area contributed by atoms with E-state index in [1.165, 1.54) is 109 Å². The maximum atomic E-state index is 7.56. The van der Waals surface area contributed by atoms with Gasteiger partial charge in [0, 0.05) is 55.4 Å². The maximum Gasteiger partial charge on any atom is 0.161 e. The van der Waals surface area contributed by atoms with Crippen molar-refractivity contribution < 1.29 is 13.6 Å². The third-order valence-corrected chi connectivity index (χ3v) is 19.0. The summed E-state index contributed by atoms with van der Waals surface area (Å²) in [5, 5.41) is 6.63. The summed E-state index contributed by atoms with van der Waals surface area (Å²) < 4.78 is 22.6. The molecule has 0 N–H and O–H groups in total. The van der Waals surface area contributed by atoms with E-state index in [2.05, 4.69) is 222 Å². The van der Waals surface area contributed by atoms with Crippen LogP contribution in [0.4, 0.5) is 22.7 Å². The normalized spacial score (nSPS) is 20.1. The molecule has 0 saturated heterocycles. The second kappa shape index (κ2) is 20.2. The van der Waals surface area contributed by atoms with Gasteiger partial charge in [0.05, 0.1) is 28.5 Å². The lowest BCUT2D eigenvalue weighted by Gasteiger charge is -2.39. The van der Waals surface area contributed by atoms with Crippen molar-refractivity contribution in [3.05, 3.63) is 246 Å². The number of anilines is 4. The third-order valence-electron chi connectivity index (χ3n) is 19.0. The van der Waals surface area contributed by atoms with E-state index in [0.29, 0.717) is 11.8 Å². The Bertz CT molecular complexity index is 4280. The summed E-state index contributed by atoms with van der Waals surface area (Å²) in [6, 6.07) is 58.3. The van der Waals surface area contributed by atoms with E-state index in [1.54, 1.807) is 0 Å². The highest BCUT2D eigenvalue weighted by Gasteiger charge is 2.43. The number of allylic oxidation sites excluding steroid dienone is 9. The number of para-hydroxylation sites is 4. The molecule has 0 bridgehead atoms. The van der Waals surface area contributed by atoms with E-state index in [4.69, 9.17) is 13.6 Å². The van der Waals surface area contributed by atoms with Crippen LogP contribution in [0.15, 0.2) is 227 Å². The highest BCUT2D eigenvalue weighted by atomic mass is 16.5. The molecule has 0 spiro atoms. The van der Waals surface area contributed by atoms with Gasteiger partial charge in [0.2, 0.25) is 0 Å². The summed E-state index contributed by atoms with van der Waals surface area (Å²) in [4.78, 5) is 5.09. The number of furan rings is 2. The molecule has 2 saturated carbocycles. The van der Waals surface area contributed by atoms with Crippen molar-refractivity contribution in [3.8, 4) is 5.75 Å². The van der Waals surface area contributed by atoms with Crippen molar-refractivity contribution in [2.45, 2.75) is 113 Å². The van der Waals surface area contributed by atoms with Gasteiger partial charge in [-0.25, -0.2) is 0 Å². The van der Waals surface area contributed by atoms with Crippen molar-refractivity contribution in [2.24, 2.45) is 0 Å². The number of ether oxygens (including phenoxy) is 1. The Morgan fingerprint density at radius 2 is 1.21 bits per heavy atom. The third kappa shape index (κ3) is 8.17. The smallest absolute Gasteiger partial charge is 0.161 e. The molecule has 0 amide bonds. The van der Waals surface area contributed by atoms with Crippen LogP contribution >= 0.6 is 0 Å². The molecular formula is C76H66N2O3. The zero-order chi connectivity index (χ0) is 53.4. The Hall–Kier alpha value is -8.54. The maximum absolute atomic E-state index is 7.56. The molecule has 3 heterocycles. The minimum Gasteiger partial charge on any atom is -0.482 e. The van der Waals surface area contributed by atoms with Gasteiger partial charge >= 0.3 is 0 Å². The molecule has 3 atom stereocenters. The number of nitrogens with zero attached hydrogens (tertiary/aromatic N) is 2. The van der Waals surface area contributed by atoms with E-state index in [1.807, 2.05) is 0 Å². The Morgan fingerprint density at radius 1 is 0.519 bits per heavy atom. The van der Waals surface area contributed by atoms with Crippen LogP contribution in [0.3, 0.4) is 0 Å². The number of fused-ring (bicyclic) bond motifs is 10. The topological polar surface area (TPSA) is 42.0 Å². The number of rotatable bonds is 10. The zero-order valence-corrected chi connectivity index (χ0v) is 45.9. The molecule has 398 valence electrons. The molecule has 81 heavy (non-hydrogen) atoms. The fourth-order valence-electron chi connectivity index (χ4n) is 15.1. The van der Waals surface area contributed by atoms with Gasteiger partial charge in [0.15, 0.2) is 11.2 Å². The van der Waals surface area contributed by atoms with E-state index < -0.39 is 0 Å². The van der Waals surface area contributed by atoms with Crippen LogP contribution in [-0.4, -0.2) is 12.1 Å². The number of benzene rings is 8. The van der Waals surface area contributed by atoms with E-state index >= 15 is 0 Å². The SMILES string of the molecule is C1=CCCC(c2ccc(N(c3cccc4c3oc3c(C5CCCCC5)cccc34)c3c4ccccc4c(N(C4=CCC(c5ccccc5)C=C4)C4C=CC=C5c6cccc(C7CCCCC7)c6OC54)c4oc5ccccc5c34)cc2)=C1. The van der Waals surface area contributed by atoms with Crippen LogP contribution < -0.4 is 14.5 Å². The van der Waals surface area contributed by atoms with Crippen molar-refractivity contribution in [1.29, 1.82) is 0 Å². The largest absolute Gasteiger partial charge is 0.482 e. The molecule has 1 aliphatic heterocycles. The lowest BCUT2D eigenvalue weighted by atomic mass is 9.82. The van der Waals surface area contributed by atoms with Crippen LogP contribution in [0.1, 0.15) is 129 Å². The summed E-state index contributed by atoms with van der Waals surface area (Å²) in [6.07, 6.45) is 36.1. The molecule has 16 rings (SSSR count). The molecule has 8 aromatic carbocycles. The number of hydrogen-bond acceptors (Lipinski definition) is 5. The van der Waals surface area contributed by atoms with E-state index in [0.717, 1.165) is 103 Å². The Balaban J connectivity index is 0.945. The van der Waals surface area contributed by atoms with Crippen molar-refractivity contribution in [2.75, 3.05) is 9.80 Å². The van der Waals surface area contributed by atoms with Crippen LogP contribution in [0.2, 0.25) is 0 Å². The Kier molecular flexibility index (Phi) is 12.1. The molecule has 6 aliphatic rings. The van der Waals surface area contributed by atoms with Gasteiger partial charge in [-0.05, 0) is 115 Å². The minimum atomic E-state index is -0.261. The molecule has 3 unspecified atom stereocenters. The van der Waals surface area contributed by atoms with Gasteiger partial charge < -0.3 is 23.4 Å². The quantitative estimate of drug-likeness (QED) is 0.128. The summed E-state index contributed by atoms with van der Waals surface area (Å²) >= 11 is 0. The predicted molar refractivity (Wildman–Crippen MR) is 336 cm³/mol. The average Bonchev–Trinajstić information content (AvgIpc) is 4.47. The van der Waals surface area contributed by atoms with Gasteiger partial charge in [-0.3, -0.25) is 0 Å². The van der Waals surface area contributed by atoms with Crippen molar-refractivity contribution in [1.82, 2.24) is 0 Å². The van der Waals surface area contributed by atoms with Crippen LogP contribution in [0.25, 0.3) is 65.8 Å². The summed E-state index contributed by atoms with van der Waals surface area (Å²) in [5.74, 6) is 2.33. The van der Waals surface area contributed by atoms with Crippen molar-refractivity contribution in [3.63, 3.8) is 0 Å². The highest BCUT2D eigenvalue weighted by molar-refractivity contribution is 6.28.